The van der Waals surface area contributed by atoms with Crippen LogP contribution in [0.4, 0.5) is 4.79 Å². The van der Waals surface area contributed by atoms with Gasteiger partial charge in [-0.1, -0.05) is 96.9 Å². The van der Waals surface area contributed by atoms with Gasteiger partial charge in [0.05, 0.1) is 0 Å². The topological polar surface area (TPSA) is 87.7 Å². The molecule has 2 unspecified atom stereocenters. The van der Waals surface area contributed by atoms with Crippen molar-refractivity contribution in [1.82, 2.24) is 15.5 Å². The largest absolute Gasteiger partial charge is 0.444 e. The second kappa shape index (κ2) is 14.5. The smallest absolute Gasteiger partial charge is 0.408 e. The Labute approximate surface area is 244 Å². The van der Waals surface area contributed by atoms with Crippen molar-refractivity contribution in [3.05, 3.63) is 107 Å². The fourth-order valence-electron chi connectivity index (χ4n) is 4.83. The first-order valence-corrected chi connectivity index (χ1v) is 14.2. The van der Waals surface area contributed by atoms with E-state index in [1.54, 1.807) is 25.7 Å². The van der Waals surface area contributed by atoms with E-state index < -0.39 is 23.8 Å². The lowest BCUT2D eigenvalue weighted by Gasteiger charge is -2.34. The number of nitrogens with zero attached hydrogens (tertiary/aromatic N) is 1. The number of carbonyl (C=O) groups excluding carboxylic acids is 3. The highest BCUT2D eigenvalue weighted by Crippen LogP contribution is 2.26. The van der Waals surface area contributed by atoms with Gasteiger partial charge in [-0.2, -0.15) is 0 Å². The van der Waals surface area contributed by atoms with Crippen LogP contribution < -0.4 is 10.6 Å². The Morgan fingerprint density at radius 3 is 1.95 bits per heavy atom. The van der Waals surface area contributed by atoms with Crippen molar-refractivity contribution in [2.45, 2.75) is 78.6 Å². The predicted molar refractivity (Wildman–Crippen MR) is 162 cm³/mol. The van der Waals surface area contributed by atoms with E-state index in [9.17, 15) is 14.4 Å². The second-order valence-electron chi connectivity index (χ2n) is 11.4. The number of ether oxygens (including phenoxy) is 1. The minimum absolute atomic E-state index is 0.254. The van der Waals surface area contributed by atoms with Crippen molar-refractivity contribution in [3.63, 3.8) is 0 Å². The van der Waals surface area contributed by atoms with Gasteiger partial charge in [-0.25, -0.2) is 4.79 Å². The van der Waals surface area contributed by atoms with Crippen molar-refractivity contribution in [1.29, 1.82) is 0 Å². The first kappa shape index (κ1) is 31.4. The number of hydrogen-bond donors (Lipinski definition) is 2. The molecule has 0 heterocycles. The summed E-state index contributed by atoms with van der Waals surface area (Å²) >= 11 is 0. The van der Waals surface area contributed by atoms with Crippen molar-refractivity contribution < 1.29 is 19.1 Å². The Bertz CT molecular complexity index is 1280. The van der Waals surface area contributed by atoms with Crippen LogP contribution >= 0.6 is 0 Å². The lowest BCUT2D eigenvalue weighted by molar-refractivity contribution is -0.142. The first-order chi connectivity index (χ1) is 19.5. The second-order valence-corrected chi connectivity index (χ2v) is 11.4. The highest BCUT2D eigenvalue weighted by Gasteiger charge is 2.36. The number of hydrogen-bond acceptors (Lipinski definition) is 4. The highest BCUT2D eigenvalue weighted by molar-refractivity contribution is 5.92. The predicted octanol–water partition coefficient (Wildman–Crippen LogP) is 6.04. The highest BCUT2D eigenvalue weighted by atomic mass is 16.6. The van der Waals surface area contributed by atoms with Gasteiger partial charge in [-0.15, -0.1) is 0 Å². The average Bonchev–Trinajstić information content (AvgIpc) is 2.90. The van der Waals surface area contributed by atoms with Crippen LogP contribution in [0.2, 0.25) is 0 Å². The molecular weight excluding hydrogens is 514 g/mol. The van der Waals surface area contributed by atoms with Crippen LogP contribution in [0.5, 0.6) is 0 Å². The summed E-state index contributed by atoms with van der Waals surface area (Å²) in [5, 5.41) is 5.85. The Morgan fingerprint density at radius 2 is 1.41 bits per heavy atom. The van der Waals surface area contributed by atoms with E-state index in [1.807, 2.05) is 99.6 Å². The summed E-state index contributed by atoms with van der Waals surface area (Å²) in [6.45, 7) is 11.9. The number of nitrogens with one attached hydrogen (secondary N) is 2. The lowest BCUT2D eigenvalue weighted by Crippen LogP contribution is -2.54. The van der Waals surface area contributed by atoms with Crippen LogP contribution in [0.3, 0.4) is 0 Å². The van der Waals surface area contributed by atoms with E-state index in [1.165, 1.54) is 0 Å². The number of aryl methyl sites for hydroxylation is 2. The molecular formula is C34H43N3O4. The van der Waals surface area contributed by atoms with Gasteiger partial charge in [0.15, 0.2) is 0 Å². The zero-order valence-electron chi connectivity index (χ0n) is 25.1. The average molecular weight is 558 g/mol. The van der Waals surface area contributed by atoms with Crippen LogP contribution in [0.15, 0.2) is 78.9 Å². The molecule has 7 nitrogen and oxygen atoms in total. The molecule has 0 fully saturated rings. The molecule has 0 radical (unpaired) electrons. The third-order valence-electron chi connectivity index (χ3n) is 6.45. The van der Waals surface area contributed by atoms with Crippen molar-refractivity contribution in [2.24, 2.45) is 0 Å². The summed E-state index contributed by atoms with van der Waals surface area (Å²) in [5.74, 6) is -0.628. The molecule has 41 heavy (non-hydrogen) atoms. The standard InChI is InChI=1S/C34H43N3O4/c1-7-18-37(32(39)29(22-26-14-10-8-11-15-26)36-33(40)41-34(4,5)6)30(28-20-24(2)19-25(3)21-28)31(38)35-23-27-16-12-9-13-17-27/h8-17,19-21,29-30H,7,18,22-23H2,1-6H3,(H,35,38)(H,36,40). The zero-order valence-corrected chi connectivity index (χ0v) is 25.1. The molecule has 2 atom stereocenters. The minimum atomic E-state index is -0.936. The number of carbonyl (C=O) groups is 3. The lowest BCUT2D eigenvalue weighted by atomic mass is 9.97. The van der Waals surface area contributed by atoms with Gasteiger partial charge in [0, 0.05) is 19.5 Å². The summed E-state index contributed by atoms with van der Waals surface area (Å²) in [5.41, 5.74) is 3.84. The molecule has 3 aromatic carbocycles. The van der Waals surface area contributed by atoms with Crippen LogP contribution in [-0.2, 0) is 27.3 Å². The van der Waals surface area contributed by atoms with Gasteiger partial charge < -0.3 is 20.3 Å². The van der Waals surface area contributed by atoms with Crippen molar-refractivity contribution in [2.75, 3.05) is 6.54 Å². The molecule has 7 heteroatoms. The number of alkyl carbamates (subject to hydrolysis) is 1. The molecule has 0 bridgehead atoms. The molecule has 218 valence electrons. The van der Waals surface area contributed by atoms with Gasteiger partial charge >= 0.3 is 6.09 Å². The molecule has 0 spiro atoms. The van der Waals surface area contributed by atoms with Gasteiger partial charge in [-0.05, 0) is 57.7 Å². The molecule has 0 aliphatic rings. The normalized spacial score (nSPS) is 12.6. The van der Waals surface area contributed by atoms with Crippen LogP contribution in [-0.4, -0.2) is 41.0 Å². The molecule has 0 saturated heterocycles. The maximum absolute atomic E-state index is 14.4. The fraction of sp³-hybridized carbons (Fsp3) is 0.382. The number of benzene rings is 3. The molecule has 3 amide bonds. The quantitative estimate of drug-likeness (QED) is 0.301. The van der Waals surface area contributed by atoms with Crippen molar-refractivity contribution >= 4 is 17.9 Å². The van der Waals surface area contributed by atoms with Crippen LogP contribution in [0.1, 0.15) is 68.0 Å². The van der Waals surface area contributed by atoms with E-state index in [0.29, 0.717) is 19.5 Å². The third kappa shape index (κ3) is 9.78. The molecule has 0 aliphatic carbocycles. The Morgan fingerprint density at radius 1 is 0.854 bits per heavy atom. The fourth-order valence-corrected chi connectivity index (χ4v) is 4.83. The molecule has 0 aromatic heterocycles. The maximum atomic E-state index is 14.4. The van der Waals surface area contributed by atoms with E-state index >= 15 is 0 Å². The van der Waals surface area contributed by atoms with Gasteiger partial charge in [-0.3, -0.25) is 9.59 Å². The van der Waals surface area contributed by atoms with Crippen LogP contribution in [0.25, 0.3) is 0 Å². The summed E-state index contributed by atoms with van der Waals surface area (Å²) in [7, 11) is 0. The number of amides is 3. The zero-order chi connectivity index (χ0) is 30.0. The summed E-state index contributed by atoms with van der Waals surface area (Å²) < 4.78 is 5.51. The SMILES string of the molecule is CCCN(C(=O)C(Cc1ccccc1)NC(=O)OC(C)(C)C)C(C(=O)NCc1ccccc1)c1cc(C)cc(C)c1. The maximum Gasteiger partial charge on any atom is 0.408 e. The molecule has 3 aromatic rings. The van der Waals surface area contributed by atoms with Gasteiger partial charge in [0.1, 0.15) is 17.7 Å². The first-order valence-electron chi connectivity index (χ1n) is 14.2. The van der Waals surface area contributed by atoms with E-state index in [0.717, 1.165) is 27.8 Å². The third-order valence-corrected chi connectivity index (χ3v) is 6.45. The minimum Gasteiger partial charge on any atom is -0.444 e. The molecule has 3 rings (SSSR count). The molecule has 2 N–H and O–H groups in total. The van der Waals surface area contributed by atoms with E-state index in [-0.39, 0.29) is 18.2 Å². The number of rotatable bonds is 11. The molecule has 0 aliphatic heterocycles. The van der Waals surface area contributed by atoms with Gasteiger partial charge in [0.25, 0.3) is 0 Å². The van der Waals surface area contributed by atoms with E-state index in [2.05, 4.69) is 10.6 Å². The Kier molecular flexibility index (Phi) is 11.1. The van der Waals surface area contributed by atoms with Crippen molar-refractivity contribution in [3.8, 4) is 0 Å². The van der Waals surface area contributed by atoms with E-state index in [4.69, 9.17) is 4.74 Å². The monoisotopic (exact) mass is 557 g/mol. The summed E-state index contributed by atoms with van der Waals surface area (Å²) in [6, 6.07) is 23.3. The summed E-state index contributed by atoms with van der Waals surface area (Å²) in [4.78, 5) is 42.8. The Hall–Kier alpha value is -4.13. The van der Waals surface area contributed by atoms with Crippen LogP contribution in [0, 0.1) is 13.8 Å². The Balaban J connectivity index is 2.01. The molecule has 0 saturated carbocycles. The summed E-state index contributed by atoms with van der Waals surface area (Å²) in [6.07, 6.45) is 0.202. The van der Waals surface area contributed by atoms with Gasteiger partial charge in [0.2, 0.25) is 11.8 Å².